The number of likely N-dealkylation sites (tertiary alicyclic amines) is 1. The Hall–Kier alpha value is -0.570. The quantitative estimate of drug-likeness (QED) is 0.751. The van der Waals surface area contributed by atoms with E-state index in [9.17, 15) is 4.79 Å². The van der Waals surface area contributed by atoms with E-state index in [2.05, 4.69) is 23.8 Å². The van der Waals surface area contributed by atoms with Crippen molar-refractivity contribution in [3.8, 4) is 0 Å². The maximum Gasteiger partial charge on any atom is 0.225 e. The fourth-order valence-electron chi connectivity index (χ4n) is 4.47. The van der Waals surface area contributed by atoms with Gasteiger partial charge in [-0.25, -0.2) is 0 Å². The van der Waals surface area contributed by atoms with E-state index in [0.717, 1.165) is 30.8 Å². The molecule has 0 spiro atoms. The van der Waals surface area contributed by atoms with Crippen molar-refractivity contribution in [2.24, 2.45) is 23.7 Å². The second-order valence-corrected chi connectivity index (χ2v) is 7.81. The molecule has 3 fully saturated rings. The van der Waals surface area contributed by atoms with Crippen molar-refractivity contribution in [3.63, 3.8) is 0 Å². The maximum absolute atomic E-state index is 12.6. The molecule has 0 aromatic rings. The fraction of sp³-hybridized carbons (Fsp3) is 0.944. The number of rotatable bonds is 6. The molecule has 21 heavy (non-hydrogen) atoms. The molecule has 3 nitrogen and oxygen atoms in total. The van der Waals surface area contributed by atoms with Gasteiger partial charge in [0.15, 0.2) is 0 Å². The van der Waals surface area contributed by atoms with Gasteiger partial charge in [0.1, 0.15) is 0 Å². The van der Waals surface area contributed by atoms with Gasteiger partial charge in [0, 0.05) is 25.6 Å². The molecule has 1 saturated heterocycles. The molecule has 1 heterocycles. The predicted octanol–water partition coefficient (Wildman–Crippen LogP) is 3.00. The number of unbranched alkanes of at least 4 members (excludes halogenated alkanes) is 1. The molecular formula is C18H32N2O. The minimum absolute atomic E-state index is 0.387. The Balaban J connectivity index is 1.37. The second-order valence-electron chi connectivity index (χ2n) is 7.81. The summed E-state index contributed by atoms with van der Waals surface area (Å²) in [6.07, 6.45) is 8.81. The number of piperidine rings is 1. The first-order chi connectivity index (χ1) is 10.2. The van der Waals surface area contributed by atoms with E-state index in [1.54, 1.807) is 0 Å². The molecule has 0 N–H and O–H groups in total. The first kappa shape index (κ1) is 15.3. The van der Waals surface area contributed by atoms with Crippen molar-refractivity contribution >= 4 is 5.91 Å². The average molecular weight is 292 g/mol. The highest BCUT2D eigenvalue weighted by molar-refractivity contribution is 5.79. The van der Waals surface area contributed by atoms with Crippen LogP contribution >= 0.6 is 0 Å². The molecule has 2 saturated carbocycles. The molecule has 3 aliphatic rings. The van der Waals surface area contributed by atoms with Crippen LogP contribution in [0.3, 0.4) is 0 Å². The highest BCUT2D eigenvalue weighted by Crippen LogP contribution is 2.54. The zero-order valence-electron chi connectivity index (χ0n) is 13.9. The summed E-state index contributed by atoms with van der Waals surface area (Å²) in [7, 11) is 2.25. The predicted molar refractivity (Wildman–Crippen MR) is 86.0 cm³/mol. The van der Waals surface area contributed by atoms with Gasteiger partial charge in [0.25, 0.3) is 0 Å². The maximum atomic E-state index is 12.6. The van der Waals surface area contributed by atoms with Crippen molar-refractivity contribution in [1.29, 1.82) is 0 Å². The molecule has 3 rings (SSSR count). The lowest BCUT2D eigenvalue weighted by Crippen LogP contribution is -2.43. The smallest absolute Gasteiger partial charge is 0.225 e. The summed E-state index contributed by atoms with van der Waals surface area (Å²) in [5.74, 6) is 3.51. The van der Waals surface area contributed by atoms with Crippen LogP contribution in [0.4, 0.5) is 0 Å². The third-order valence-electron chi connectivity index (χ3n) is 5.98. The number of hydrogen-bond acceptors (Lipinski definition) is 2. The summed E-state index contributed by atoms with van der Waals surface area (Å²) in [4.78, 5) is 17.2. The first-order valence-corrected chi connectivity index (χ1v) is 9.14. The summed E-state index contributed by atoms with van der Waals surface area (Å²) in [5.41, 5.74) is 0. The molecule has 0 bridgehead atoms. The Labute approximate surface area is 130 Å². The Morgan fingerprint density at radius 1 is 1.14 bits per heavy atom. The second kappa shape index (κ2) is 6.68. The van der Waals surface area contributed by atoms with E-state index in [4.69, 9.17) is 0 Å². The van der Waals surface area contributed by atoms with Gasteiger partial charge >= 0.3 is 0 Å². The number of amides is 1. The van der Waals surface area contributed by atoms with Crippen molar-refractivity contribution in [2.45, 2.75) is 51.9 Å². The Morgan fingerprint density at radius 3 is 2.43 bits per heavy atom. The Kier molecular flexibility index (Phi) is 4.88. The molecule has 2 unspecified atom stereocenters. The van der Waals surface area contributed by atoms with Crippen LogP contribution < -0.4 is 0 Å². The van der Waals surface area contributed by atoms with Crippen LogP contribution in [0.2, 0.25) is 0 Å². The Morgan fingerprint density at radius 2 is 1.81 bits per heavy atom. The SMILES string of the molecule is CCCCN(C)CC1CCN(C(=O)C2CC3CC3C2)CC1. The van der Waals surface area contributed by atoms with E-state index < -0.39 is 0 Å². The normalized spacial score (nSPS) is 32.5. The number of carbonyl (C=O) groups excluding carboxylic acids is 1. The molecule has 1 amide bonds. The van der Waals surface area contributed by atoms with E-state index in [1.165, 1.54) is 58.0 Å². The van der Waals surface area contributed by atoms with Crippen molar-refractivity contribution in [3.05, 3.63) is 0 Å². The average Bonchev–Trinajstić information content (AvgIpc) is 3.11. The highest BCUT2D eigenvalue weighted by atomic mass is 16.2. The first-order valence-electron chi connectivity index (χ1n) is 9.14. The van der Waals surface area contributed by atoms with Crippen molar-refractivity contribution < 1.29 is 4.79 Å². The van der Waals surface area contributed by atoms with Gasteiger partial charge < -0.3 is 9.80 Å². The van der Waals surface area contributed by atoms with Crippen LogP contribution in [-0.2, 0) is 4.79 Å². The van der Waals surface area contributed by atoms with Crippen LogP contribution in [0.15, 0.2) is 0 Å². The number of nitrogens with zero attached hydrogens (tertiary/aromatic N) is 2. The van der Waals surface area contributed by atoms with Gasteiger partial charge in [-0.2, -0.15) is 0 Å². The highest BCUT2D eigenvalue weighted by Gasteiger charge is 2.48. The topological polar surface area (TPSA) is 23.6 Å². The molecule has 0 aromatic heterocycles. The lowest BCUT2D eigenvalue weighted by molar-refractivity contribution is -0.137. The minimum atomic E-state index is 0.387. The number of fused-ring (bicyclic) bond motifs is 1. The molecule has 2 aliphatic carbocycles. The molecule has 1 aliphatic heterocycles. The molecular weight excluding hydrogens is 260 g/mol. The Bertz CT molecular complexity index is 352. The molecule has 2 atom stereocenters. The van der Waals surface area contributed by atoms with Gasteiger partial charge in [-0.15, -0.1) is 0 Å². The summed E-state index contributed by atoms with van der Waals surface area (Å²) < 4.78 is 0. The fourth-order valence-corrected chi connectivity index (χ4v) is 4.47. The van der Waals surface area contributed by atoms with E-state index in [1.807, 2.05) is 0 Å². The third-order valence-corrected chi connectivity index (χ3v) is 5.98. The zero-order chi connectivity index (χ0) is 14.8. The number of carbonyl (C=O) groups is 1. The van der Waals surface area contributed by atoms with Gasteiger partial charge in [-0.3, -0.25) is 4.79 Å². The zero-order valence-corrected chi connectivity index (χ0v) is 13.9. The van der Waals surface area contributed by atoms with Crippen LogP contribution in [0.5, 0.6) is 0 Å². The summed E-state index contributed by atoms with van der Waals surface area (Å²) >= 11 is 0. The van der Waals surface area contributed by atoms with Crippen LogP contribution in [0, 0.1) is 23.7 Å². The van der Waals surface area contributed by atoms with Gasteiger partial charge in [0.2, 0.25) is 5.91 Å². The number of hydrogen-bond donors (Lipinski definition) is 0. The van der Waals surface area contributed by atoms with E-state index in [-0.39, 0.29) is 0 Å². The third kappa shape index (κ3) is 3.80. The monoisotopic (exact) mass is 292 g/mol. The van der Waals surface area contributed by atoms with Gasteiger partial charge in [0.05, 0.1) is 0 Å². The van der Waals surface area contributed by atoms with E-state index in [0.29, 0.717) is 11.8 Å². The minimum Gasteiger partial charge on any atom is -0.342 e. The lowest BCUT2D eigenvalue weighted by atomic mass is 9.94. The van der Waals surface area contributed by atoms with E-state index >= 15 is 0 Å². The van der Waals surface area contributed by atoms with Crippen molar-refractivity contribution in [2.75, 3.05) is 33.2 Å². The summed E-state index contributed by atoms with van der Waals surface area (Å²) in [5, 5.41) is 0. The standard InChI is InChI=1S/C18H32N2O/c1-3-4-7-19(2)13-14-5-8-20(9-6-14)18(21)17-11-15-10-16(15)12-17/h14-17H,3-13H2,1-2H3. The molecule has 0 aromatic carbocycles. The largest absolute Gasteiger partial charge is 0.342 e. The van der Waals surface area contributed by atoms with Crippen LogP contribution in [0.1, 0.15) is 51.9 Å². The van der Waals surface area contributed by atoms with Gasteiger partial charge in [-0.05, 0) is 69.9 Å². The summed E-state index contributed by atoms with van der Waals surface area (Å²) in [6, 6.07) is 0. The van der Waals surface area contributed by atoms with Crippen molar-refractivity contribution in [1.82, 2.24) is 9.80 Å². The molecule has 120 valence electrons. The van der Waals surface area contributed by atoms with Gasteiger partial charge in [-0.1, -0.05) is 13.3 Å². The van der Waals surface area contributed by atoms with Crippen LogP contribution in [-0.4, -0.2) is 48.9 Å². The molecule has 3 heteroatoms. The summed E-state index contributed by atoms with van der Waals surface area (Å²) in [6.45, 7) is 6.72. The van der Waals surface area contributed by atoms with Crippen LogP contribution in [0.25, 0.3) is 0 Å². The lowest BCUT2D eigenvalue weighted by Gasteiger charge is -2.35. The molecule has 0 radical (unpaired) electrons.